The Kier molecular flexibility index (Phi) is 5.50. The lowest BCUT2D eigenvalue weighted by Crippen LogP contribution is -2.21. The Balaban J connectivity index is 2.09. The van der Waals surface area contributed by atoms with Gasteiger partial charge in [-0.2, -0.15) is 5.10 Å². The van der Waals surface area contributed by atoms with Crippen LogP contribution in [0.25, 0.3) is 11.2 Å². The summed E-state index contributed by atoms with van der Waals surface area (Å²) in [6.07, 6.45) is 3.58. The van der Waals surface area contributed by atoms with Crippen LogP contribution in [0, 0.1) is 6.92 Å². The number of hydrogen-bond acceptors (Lipinski definition) is 7. The van der Waals surface area contributed by atoms with E-state index in [2.05, 4.69) is 20.4 Å². The first-order valence-corrected chi connectivity index (χ1v) is 8.71. The summed E-state index contributed by atoms with van der Waals surface area (Å²) in [5.41, 5.74) is 6.66. The summed E-state index contributed by atoms with van der Waals surface area (Å²) < 4.78 is 2.60. The van der Waals surface area contributed by atoms with Gasteiger partial charge in [0.05, 0.1) is 17.9 Å². The van der Waals surface area contributed by atoms with E-state index in [1.165, 1.54) is 23.0 Å². The number of aryl methyl sites for hydroxylation is 2. The number of aliphatic hydroxyl groups excluding tert-OH is 1. The second-order valence-corrected chi connectivity index (χ2v) is 6.07. The maximum absolute atomic E-state index is 12.8. The number of carbonyl (C=O) groups is 3. The summed E-state index contributed by atoms with van der Waals surface area (Å²) in [5.74, 6) is -1.89. The molecule has 11 nitrogen and oxygen atoms in total. The Hall–Kier alpha value is -3.86. The van der Waals surface area contributed by atoms with Crippen LogP contribution in [0.15, 0.2) is 30.5 Å². The Morgan fingerprint density at radius 2 is 2.07 bits per heavy atom. The lowest BCUT2D eigenvalue weighted by atomic mass is 10.2. The van der Waals surface area contributed by atoms with Gasteiger partial charge >= 0.3 is 0 Å². The highest BCUT2D eigenvalue weighted by Crippen LogP contribution is 2.20. The van der Waals surface area contributed by atoms with Crippen molar-refractivity contribution < 1.29 is 19.5 Å². The molecule has 0 saturated carbocycles. The number of nitrogens with two attached hydrogens (primary N) is 1. The van der Waals surface area contributed by atoms with Crippen molar-refractivity contribution in [2.24, 2.45) is 5.73 Å². The van der Waals surface area contributed by atoms with E-state index in [1.807, 2.05) is 6.92 Å². The van der Waals surface area contributed by atoms with E-state index in [-0.39, 0.29) is 29.3 Å². The molecule has 2 amide bonds. The van der Waals surface area contributed by atoms with Gasteiger partial charge in [0.1, 0.15) is 11.2 Å². The minimum Gasteiger partial charge on any atom is -0.392 e. The quantitative estimate of drug-likeness (QED) is 0.511. The number of nitrogens with zero attached hydrogens (tertiary/aromatic N) is 5. The summed E-state index contributed by atoms with van der Waals surface area (Å²) in [5, 5.41) is 15.7. The van der Waals surface area contributed by atoms with Gasteiger partial charge in [0.25, 0.3) is 11.8 Å². The van der Waals surface area contributed by atoms with Crippen LogP contribution < -0.4 is 11.1 Å². The fraction of sp³-hybridized carbons (Fsp3) is 0.222. The van der Waals surface area contributed by atoms with Crippen LogP contribution >= 0.6 is 0 Å². The number of rotatable bonds is 6. The molecule has 0 aromatic carbocycles. The zero-order valence-corrected chi connectivity index (χ0v) is 15.8. The summed E-state index contributed by atoms with van der Waals surface area (Å²) in [6, 6.07) is 2.99. The highest BCUT2D eigenvalue weighted by Gasteiger charge is 2.21. The summed E-state index contributed by atoms with van der Waals surface area (Å²) in [7, 11) is 0. The number of allylic oxidation sites excluding steroid dienone is 1. The average Bonchev–Trinajstić information content (AvgIpc) is 3.24. The summed E-state index contributed by atoms with van der Waals surface area (Å²) >= 11 is 0. The zero-order chi connectivity index (χ0) is 21.1. The SMILES string of the molecule is CCn1nc(C)cc1C(=O)Nc1nc2cc(C(N)=O)cnc2n1C(=O)/C=C/CO. The van der Waals surface area contributed by atoms with Gasteiger partial charge in [0, 0.05) is 18.8 Å². The molecule has 3 rings (SSSR count). The van der Waals surface area contributed by atoms with E-state index in [0.717, 1.165) is 10.6 Å². The second-order valence-electron chi connectivity index (χ2n) is 6.07. The van der Waals surface area contributed by atoms with Crippen LogP contribution in [0.4, 0.5) is 5.95 Å². The number of fused-ring (bicyclic) bond motifs is 1. The molecular weight excluding hydrogens is 378 g/mol. The lowest BCUT2D eigenvalue weighted by molar-refractivity contribution is 0.0971. The molecule has 0 atom stereocenters. The topological polar surface area (TPSA) is 158 Å². The maximum atomic E-state index is 12.8. The van der Waals surface area contributed by atoms with Crippen LogP contribution in [0.3, 0.4) is 0 Å². The predicted octanol–water partition coefficient (Wildman–Crippen LogP) is 0.496. The molecule has 3 aromatic heterocycles. The van der Waals surface area contributed by atoms with Crippen LogP contribution in [0.5, 0.6) is 0 Å². The first-order chi connectivity index (χ1) is 13.8. The van der Waals surface area contributed by atoms with E-state index in [1.54, 1.807) is 13.0 Å². The molecule has 0 fully saturated rings. The fourth-order valence-corrected chi connectivity index (χ4v) is 2.76. The van der Waals surface area contributed by atoms with Gasteiger partial charge in [-0.3, -0.25) is 24.4 Å². The smallest absolute Gasteiger partial charge is 0.276 e. The van der Waals surface area contributed by atoms with Gasteiger partial charge in [-0.05, 0) is 26.0 Å². The first kappa shape index (κ1) is 19.9. The third kappa shape index (κ3) is 3.89. The van der Waals surface area contributed by atoms with Crippen LogP contribution in [-0.2, 0) is 6.54 Å². The van der Waals surface area contributed by atoms with E-state index in [9.17, 15) is 14.4 Å². The lowest BCUT2D eigenvalue weighted by Gasteiger charge is -2.07. The fourth-order valence-electron chi connectivity index (χ4n) is 2.76. The van der Waals surface area contributed by atoms with Gasteiger partial charge in [-0.25, -0.2) is 14.5 Å². The normalized spacial score (nSPS) is 11.3. The van der Waals surface area contributed by atoms with E-state index in [0.29, 0.717) is 17.9 Å². The molecule has 29 heavy (non-hydrogen) atoms. The molecular formula is C18H19N7O4. The van der Waals surface area contributed by atoms with Crippen molar-refractivity contribution in [2.75, 3.05) is 11.9 Å². The van der Waals surface area contributed by atoms with Crippen molar-refractivity contribution in [3.63, 3.8) is 0 Å². The Bertz CT molecular complexity index is 1140. The Morgan fingerprint density at radius 1 is 1.31 bits per heavy atom. The standard InChI is InChI=1S/C18H19N7O4/c1-3-24-13(7-10(2)23-24)17(29)22-18-21-12-8-11(15(19)28)9-20-16(12)25(18)14(27)5-4-6-26/h4-5,7-9,26H,3,6H2,1-2H3,(H2,19,28)(H,21,22,29)/b5-4+. The molecule has 0 aliphatic rings. The molecule has 0 bridgehead atoms. The van der Waals surface area contributed by atoms with Crippen molar-refractivity contribution in [1.29, 1.82) is 0 Å². The van der Waals surface area contributed by atoms with E-state index >= 15 is 0 Å². The number of aromatic nitrogens is 5. The first-order valence-electron chi connectivity index (χ1n) is 8.71. The average molecular weight is 397 g/mol. The number of nitrogens with one attached hydrogen (secondary N) is 1. The van der Waals surface area contributed by atoms with Crippen LogP contribution in [0.1, 0.15) is 38.3 Å². The molecule has 11 heteroatoms. The summed E-state index contributed by atoms with van der Waals surface area (Å²) in [4.78, 5) is 45.1. The number of imidazole rings is 1. The van der Waals surface area contributed by atoms with Crippen LogP contribution in [-0.4, -0.2) is 53.8 Å². The van der Waals surface area contributed by atoms with Gasteiger partial charge in [-0.15, -0.1) is 0 Å². The molecule has 0 spiro atoms. The number of amides is 2. The minimum absolute atomic E-state index is 0.0896. The molecule has 0 unspecified atom stereocenters. The number of pyridine rings is 1. The highest BCUT2D eigenvalue weighted by molar-refractivity contribution is 6.06. The van der Waals surface area contributed by atoms with Crippen molar-refractivity contribution >= 4 is 34.8 Å². The number of hydrogen-bond donors (Lipinski definition) is 3. The monoisotopic (exact) mass is 397 g/mol. The molecule has 0 aliphatic carbocycles. The Labute approximate surface area is 164 Å². The van der Waals surface area contributed by atoms with Gasteiger partial charge in [0.15, 0.2) is 5.65 Å². The molecule has 0 radical (unpaired) electrons. The number of primary amides is 1. The molecule has 4 N–H and O–H groups in total. The van der Waals surface area contributed by atoms with Crippen molar-refractivity contribution in [3.05, 3.63) is 47.4 Å². The molecule has 0 saturated heterocycles. The van der Waals surface area contributed by atoms with Crippen molar-refractivity contribution in [1.82, 2.24) is 24.3 Å². The largest absolute Gasteiger partial charge is 0.392 e. The highest BCUT2D eigenvalue weighted by atomic mass is 16.2. The number of carbonyl (C=O) groups excluding carboxylic acids is 3. The van der Waals surface area contributed by atoms with Gasteiger partial charge in [0.2, 0.25) is 11.9 Å². The third-order valence-corrected chi connectivity index (χ3v) is 4.03. The molecule has 3 aromatic rings. The zero-order valence-electron chi connectivity index (χ0n) is 15.8. The number of anilines is 1. The third-order valence-electron chi connectivity index (χ3n) is 4.03. The van der Waals surface area contributed by atoms with Gasteiger partial charge in [-0.1, -0.05) is 6.08 Å². The minimum atomic E-state index is -0.701. The molecule has 0 aliphatic heterocycles. The van der Waals surface area contributed by atoms with Crippen LogP contribution in [0.2, 0.25) is 0 Å². The second kappa shape index (κ2) is 8.02. The van der Waals surface area contributed by atoms with E-state index in [4.69, 9.17) is 10.8 Å². The van der Waals surface area contributed by atoms with Crippen molar-refractivity contribution in [3.8, 4) is 0 Å². The predicted molar refractivity (Wildman–Crippen MR) is 103 cm³/mol. The maximum Gasteiger partial charge on any atom is 0.276 e. The van der Waals surface area contributed by atoms with E-state index < -0.39 is 17.7 Å². The van der Waals surface area contributed by atoms with Crippen molar-refractivity contribution in [2.45, 2.75) is 20.4 Å². The Morgan fingerprint density at radius 3 is 2.72 bits per heavy atom. The number of aliphatic hydroxyl groups is 1. The van der Waals surface area contributed by atoms with Gasteiger partial charge < -0.3 is 10.8 Å². The molecule has 3 heterocycles. The molecule has 150 valence electrons. The summed E-state index contributed by atoms with van der Waals surface area (Å²) in [6.45, 7) is 3.75.